The summed E-state index contributed by atoms with van der Waals surface area (Å²) in [7, 11) is 1.28. The van der Waals surface area contributed by atoms with E-state index in [0.29, 0.717) is 22.8 Å². The van der Waals surface area contributed by atoms with E-state index < -0.39 is 5.97 Å². The summed E-state index contributed by atoms with van der Waals surface area (Å²) in [6.07, 6.45) is 1.99. The van der Waals surface area contributed by atoms with Crippen LogP contribution < -0.4 is 11.1 Å². The van der Waals surface area contributed by atoms with Gasteiger partial charge in [0, 0.05) is 13.0 Å². The predicted octanol–water partition coefficient (Wildman–Crippen LogP) is 2.31. The van der Waals surface area contributed by atoms with E-state index >= 15 is 0 Å². The molecule has 3 N–H and O–H groups in total. The summed E-state index contributed by atoms with van der Waals surface area (Å²) in [6.45, 7) is 5.80. The van der Waals surface area contributed by atoms with Gasteiger partial charge >= 0.3 is 5.97 Å². The molecule has 0 bridgehead atoms. The molecule has 1 rings (SSSR count). The smallest absolute Gasteiger partial charge is 0.343 e. The van der Waals surface area contributed by atoms with Gasteiger partial charge in [0.05, 0.1) is 17.7 Å². The SMILES string of the molecule is C=CCNc1sc(C(=O)CC)c(N)c1C(=O)OC. The fraction of sp³-hybridized carbons (Fsp3) is 0.333. The average Bonchev–Trinajstić information content (AvgIpc) is 2.71. The van der Waals surface area contributed by atoms with Gasteiger partial charge in [-0.2, -0.15) is 0 Å². The Morgan fingerprint density at radius 3 is 2.72 bits per heavy atom. The lowest BCUT2D eigenvalue weighted by atomic mass is 10.2. The zero-order valence-electron chi connectivity index (χ0n) is 10.4. The van der Waals surface area contributed by atoms with Gasteiger partial charge < -0.3 is 15.8 Å². The van der Waals surface area contributed by atoms with Crippen molar-refractivity contribution in [2.75, 3.05) is 24.7 Å². The summed E-state index contributed by atoms with van der Waals surface area (Å²) in [4.78, 5) is 23.8. The zero-order chi connectivity index (χ0) is 13.7. The summed E-state index contributed by atoms with van der Waals surface area (Å²) < 4.78 is 4.68. The molecule has 6 heteroatoms. The number of esters is 1. The van der Waals surface area contributed by atoms with Crippen molar-refractivity contribution in [1.82, 2.24) is 0 Å². The molecule has 5 nitrogen and oxygen atoms in total. The van der Waals surface area contributed by atoms with Crippen LogP contribution in [0.5, 0.6) is 0 Å². The monoisotopic (exact) mass is 268 g/mol. The maximum Gasteiger partial charge on any atom is 0.343 e. The Balaban J connectivity index is 3.26. The van der Waals surface area contributed by atoms with E-state index in [-0.39, 0.29) is 17.0 Å². The molecule has 0 spiro atoms. The Morgan fingerprint density at radius 2 is 2.22 bits per heavy atom. The molecule has 98 valence electrons. The lowest BCUT2D eigenvalue weighted by Gasteiger charge is -2.03. The van der Waals surface area contributed by atoms with Gasteiger partial charge in [-0.15, -0.1) is 17.9 Å². The molecule has 0 saturated heterocycles. The first kappa shape index (κ1) is 14.2. The second kappa shape index (κ2) is 6.20. The number of carbonyl (C=O) groups is 2. The van der Waals surface area contributed by atoms with Crippen LogP contribution in [0.2, 0.25) is 0 Å². The molecule has 0 fully saturated rings. The van der Waals surface area contributed by atoms with E-state index in [1.807, 2.05) is 0 Å². The number of hydrogen-bond donors (Lipinski definition) is 2. The van der Waals surface area contributed by atoms with E-state index in [1.54, 1.807) is 13.0 Å². The van der Waals surface area contributed by atoms with Crippen LogP contribution in [0.1, 0.15) is 33.4 Å². The summed E-state index contributed by atoms with van der Waals surface area (Å²) in [5.74, 6) is -0.639. The number of rotatable bonds is 6. The number of ether oxygens (including phenoxy) is 1. The number of anilines is 2. The maximum absolute atomic E-state index is 11.7. The average molecular weight is 268 g/mol. The third-order valence-electron chi connectivity index (χ3n) is 2.32. The van der Waals surface area contributed by atoms with Crippen LogP contribution in [0, 0.1) is 0 Å². The van der Waals surface area contributed by atoms with Gasteiger partial charge in [0.2, 0.25) is 0 Å². The minimum absolute atomic E-state index is 0.0886. The number of carbonyl (C=O) groups excluding carboxylic acids is 2. The highest BCUT2D eigenvalue weighted by Crippen LogP contribution is 2.36. The molecular formula is C12H16N2O3S. The molecule has 0 radical (unpaired) electrons. The van der Waals surface area contributed by atoms with E-state index in [1.165, 1.54) is 18.4 Å². The number of thiophene rings is 1. The topological polar surface area (TPSA) is 81.4 Å². The van der Waals surface area contributed by atoms with Crippen LogP contribution in [0.25, 0.3) is 0 Å². The lowest BCUT2D eigenvalue weighted by molar-refractivity contribution is 0.0603. The van der Waals surface area contributed by atoms with Crippen LogP contribution >= 0.6 is 11.3 Å². The highest BCUT2D eigenvalue weighted by atomic mass is 32.1. The first-order valence-electron chi connectivity index (χ1n) is 5.45. The van der Waals surface area contributed by atoms with Gasteiger partial charge in [-0.3, -0.25) is 4.79 Å². The summed E-state index contributed by atoms with van der Waals surface area (Å²) in [6, 6.07) is 0. The quantitative estimate of drug-likeness (QED) is 0.470. The number of ketones is 1. The lowest BCUT2D eigenvalue weighted by Crippen LogP contribution is -2.08. The van der Waals surface area contributed by atoms with Crippen LogP contribution in [0.3, 0.4) is 0 Å². The minimum Gasteiger partial charge on any atom is -0.465 e. The molecule has 0 aliphatic rings. The Kier molecular flexibility index (Phi) is 4.91. The highest BCUT2D eigenvalue weighted by molar-refractivity contribution is 7.19. The molecule has 1 aromatic heterocycles. The zero-order valence-corrected chi connectivity index (χ0v) is 11.2. The molecule has 0 atom stereocenters. The number of methoxy groups -OCH3 is 1. The van der Waals surface area contributed by atoms with Gasteiger partial charge in [0.15, 0.2) is 5.78 Å². The molecule has 0 unspecified atom stereocenters. The van der Waals surface area contributed by atoms with Gasteiger partial charge in [0.25, 0.3) is 0 Å². The molecule has 1 aromatic rings. The van der Waals surface area contributed by atoms with E-state index in [4.69, 9.17) is 5.73 Å². The van der Waals surface area contributed by atoms with Gasteiger partial charge in [-0.1, -0.05) is 13.0 Å². The predicted molar refractivity (Wildman–Crippen MR) is 73.4 cm³/mol. The van der Waals surface area contributed by atoms with E-state index in [0.717, 1.165) is 0 Å². The fourth-order valence-electron chi connectivity index (χ4n) is 1.41. The van der Waals surface area contributed by atoms with Crippen molar-refractivity contribution in [2.45, 2.75) is 13.3 Å². The standard InChI is InChI=1S/C12H16N2O3S/c1-4-6-14-11-8(12(16)17-3)9(13)10(18-11)7(15)5-2/h4,14H,1,5-6,13H2,2-3H3. The molecule has 0 saturated carbocycles. The highest BCUT2D eigenvalue weighted by Gasteiger charge is 2.25. The normalized spacial score (nSPS) is 9.89. The second-order valence-electron chi connectivity index (χ2n) is 3.49. The van der Waals surface area contributed by atoms with Crippen LogP contribution in [0.15, 0.2) is 12.7 Å². The number of nitrogen functional groups attached to an aromatic ring is 1. The molecule has 1 heterocycles. The number of nitrogens with two attached hydrogens (primary N) is 1. The summed E-state index contributed by atoms with van der Waals surface area (Å²) in [5, 5.41) is 3.52. The minimum atomic E-state index is -0.550. The number of Topliss-reactive ketones (excluding diaryl/α,β-unsaturated/α-hetero) is 1. The third kappa shape index (κ3) is 2.70. The van der Waals surface area contributed by atoms with Crippen molar-refractivity contribution in [1.29, 1.82) is 0 Å². The first-order chi connectivity index (χ1) is 8.56. The molecule has 0 aliphatic heterocycles. The summed E-state index contributed by atoms with van der Waals surface area (Å²) >= 11 is 1.17. The molecule has 0 amide bonds. The van der Waals surface area contributed by atoms with Gasteiger partial charge in [-0.05, 0) is 0 Å². The fourth-order valence-corrected chi connectivity index (χ4v) is 2.53. The molecule has 0 aliphatic carbocycles. The second-order valence-corrected chi connectivity index (χ2v) is 4.51. The van der Waals surface area contributed by atoms with E-state index in [9.17, 15) is 9.59 Å². The Morgan fingerprint density at radius 1 is 1.56 bits per heavy atom. The van der Waals surface area contributed by atoms with Gasteiger partial charge in [-0.25, -0.2) is 4.79 Å². The summed E-state index contributed by atoms with van der Waals surface area (Å²) in [5.41, 5.74) is 6.26. The maximum atomic E-state index is 11.7. The van der Waals surface area contributed by atoms with Crippen molar-refractivity contribution in [3.8, 4) is 0 Å². The Bertz CT molecular complexity index is 480. The Labute approximate surface area is 110 Å². The van der Waals surface area contributed by atoms with Crippen molar-refractivity contribution in [2.24, 2.45) is 0 Å². The molecular weight excluding hydrogens is 252 g/mol. The number of nitrogens with one attached hydrogen (secondary N) is 1. The van der Waals surface area contributed by atoms with E-state index in [2.05, 4.69) is 16.6 Å². The Hall–Kier alpha value is -1.82. The van der Waals surface area contributed by atoms with Crippen molar-refractivity contribution < 1.29 is 14.3 Å². The third-order valence-corrected chi connectivity index (χ3v) is 3.52. The van der Waals surface area contributed by atoms with Crippen molar-refractivity contribution in [3.05, 3.63) is 23.1 Å². The molecule has 18 heavy (non-hydrogen) atoms. The van der Waals surface area contributed by atoms with Crippen molar-refractivity contribution >= 4 is 33.8 Å². The van der Waals surface area contributed by atoms with Gasteiger partial charge in [0.1, 0.15) is 10.6 Å². The first-order valence-corrected chi connectivity index (χ1v) is 6.26. The molecule has 0 aromatic carbocycles. The van der Waals surface area contributed by atoms with Crippen LogP contribution in [-0.4, -0.2) is 25.4 Å². The van der Waals surface area contributed by atoms with Crippen LogP contribution in [0.4, 0.5) is 10.7 Å². The number of hydrogen-bond acceptors (Lipinski definition) is 6. The largest absolute Gasteiger partial charge is 0.465 e. The van der Waals surface area contributed by atoms with Crippen LogP contribution in [-0.2, 0) is 4.74 Å². The van der Waals surface area contributed by atoms with Crippen molar-refractivity contribution in [3.63, 3.8) is 0 Å².